The summed E-state index contributed by atoms with van der Waals surface area (Å²) in [5, 5.41) is 10.3. The largest absolute Gasteiger partial charge is 0.511 e. The van der Waals surface area contributed by atoms with Gasteiger partial charge in [-0.1, -0.05) is 18.2 Å². The van der Waals surface area contributed by atoms with Gasteiger partial charge in [0.25, 0.3) is 0 Å². The van der Waals surface area contributed by atoms with Gasteiger partial charge in [-0.25, -0.2) is 4.79 Å². The Hall–Kier alpha value is -2.37. The summed E-state index contributed by atoms with van der Waals surface area (Å²) in [6, 6.07) is 8.35. The zero-order chi connectivity index (χ0) is 12.7. The van der Waals surface area contributed by atoms with Gasteiger partial charge in [-0.05, 0) is 12.1 Å². The maximum absolute atomic E-state index is 10.1. The normalized spacial score (nSPS) is 13.4. The Balaban J connectivity index is 0.000000181. The highest BCUT2D eigenvalue weighted by molar-refractivity contribution is 6.01. The van der Waals surface area contributed by atoms with Crippen molar-refractivity contribution in [3.8, 4) is 5.75 Å². The lowest BCUT2D eigenvalue weighted by Crippen LogP contribution is -2.18. The Morgan fingerprint density at radius 2 is 1.65 bits per heavy atom. The van der Waals surface area contributed by atoms with E-state index in [1.54, 1.807) is 30.3 Å². The van der Waals surface area contributed by atoms with E-state index in [0.29, 0.717) is 18.6 Å². The van der Waals surface area contributed by atoms with Crippen molar-refractivity contribution in [3.05, 3.63) is 30.3 Å². The number of carbonyl (C=O) groups is 3. The molecule has 0 aliphatic carbocycles. The number of nitrogens with one attached hydrogen (secondary N) is 1. The van der Waals surface area contributed by atoms with E-state index in [1.165, 1.54) is 0 Å². The minimum Gasteiger partial charge on any atom is -0.449 e. The van der Waals surface area contributed by atoms with E-state index in [0.717, 1.165) is 0 Å². The fourth-order valence-electron chi connectivity index (χ4n) is 1.10. The molecule has 1 heterocycles. The molecule has 1 aliphatic heterocycles. The van der Waals surface area contributed by atoms with Gasteiger partial charge in [-0.2, -0.15) is 0 Å². The third-order valence-corrected chi connectivity index (χ3v) is 1.81. The highest BCUT2D eigenvalue weighted by Crippen LogP contribution is 2.07. The Kier molecular flexibility index (Phi) is 4.68. The molecule has 1 fully saturated rings. The molecule has 0 saturated carbocycles. The third-order valence-electron chi connectivity index (χ3n) is 1.81. The van der Waals surface area contributed by atoms with Crippen LogP contribution in [0.15, 0.2) is 30.3 Å². The van der Waals surface area contributed by atoms with Crippen LogP contribution in [-0.2, 0) is 9.59 Å². The van der Waals surface area contributed by atoms with Gasteiger partial charge in [0.15, 0.2) is 0 Å². The lowest BCUT2D eigenvalue weighted by atomic mass is 10.3. The number of para-hydroxylation sites is 1. The molecule has 1 saturated heterocycles. The summed E-state index contributed by atoms with van der Waals surface area (Å²) in [6.45, 7) is 0. The first-order chi connectivity index (χ1) is 8.08. The molecule has 1 aromatic carbocycles. The van der Waals surface area contributed by atoms with Gasteiger partial charge in [0, 0.05) is 12.8 Å². The van der Waals surface area contributed by atoms with Gasteiger partial charge in [0.2, 0.25) is 11.8 Å². The molecule has 90 valence electrons. The number of hydrogen-bond acceptors (Lipinski definition) is 4. The fraction of sp³-hybridized carbons (Fsp3) is 0.182. The minimum absolute atomic E-state index is 0.148. The summed E-state index contributed by atoms with van der Waals surface area (Å²) in [4.78, 5) is 30.2. The highest BCUT2D eigenvalue weighted by Gasteiger charge is 2.15. The molecule has 0 unspecified atom stereocenters. The zero-order valence-electron chi connectivity index (χ0n) is 8.88. The molecule has 1 aromatic rings. The van der Waals surface area contributed by atoms with Crippen LogP contribution in [0.1, 0.15) is 12.8 Å². The minimum atomic E-state index is -1.29. The van der Waals surface area contributed by atoms with Crippen LogP contribution >= 0.6 is 0 Å². The van der Waals surface area contributed by atoms with Crippen LogP contribution in [0.5, 0.6) is 5.75 Å². The Morgan fingerprint density at radius 1 is 1.12 bits per heavy atom. The van der Waals surface area contributed by atoms with Crippen molar-refractivity contribution in [2.45, 2.75) is 12.8 Å². The Labute approximate surface area is 97.2 Å². The van der Waals surface area contributed by atoms with Gasteiger partial charge >= 0.3 is 6.16 Å². The zero-order valence-corrected chi connectivity index (χ0v) is 8.88. The van der Waals surface area contributed by atoms with Gasteiger partial charge in [-0.3, -0.25) is 14.9 Å². The molecule has 6 heteroatoms. The summed E-state index contributed by atoms with van der Waals surface area (Å²) in [5.41, 5.74) is 0. The van der Waals surface area contributed by atoms with E-state index < -0.39 is 6.16 Å². The monoisotopic (exact) mass is 237 g/mol. The van der Waals surface area contributed by atoms with Crippen LogP contribution in [0.4, 0.5) is 4.79 Å². The number of carboxylic acid groups (broad SMARTS) is 1. The molecule has 0 spiro atoms. The highest BCUT2D eigenvalue weighted by atomic mass is 16.7. The van der Waals surface area contributed by atoms with Crippen molar-refractivity contribution in [2.75, 3.05) is 0 Å². The first kappa shape index (κ1) is 12.7. The topological polar surface area (TPSA) is 92.7 Å². The van der Waals surface area contributed by atoms with Crippen LogP contribution in [0, 0.1) is 0 Å². The second kappa shape index (κ2) is 6.26. The Bertz CT molecular complexity index is 401. The van der Waals surface area contributed by atoms with Crippen molar-refractivity contribution in [3.63, 3.8) is 0 Å². The summed E-state index contributed by atoms with van der Waals surface area (Å²) < 4.78 is 4.33. The molecule has 0 bridgehead atoms. The number of hydrogen-bond donors (Lipinski definition) is 2. The van der Waals surface area contributed by atoms with Crippen molar-refractivity contribution in [1.29, 1.82) is 0 Å². The quantitative estimate of drug-likeness (QED) is 0.434. The van der Waals surface area contributed by atoms with E-state index in [9.17, 15) is 14.4 Å². The van der Waals surface area contributed by atoms with E-state index in [-0.39, 0.29) is 11.8 Å². The number of ether oxygens (including phenoxy) is 1. The predicted molar refractivity (Wildman–Crippen MR) is 57.5 cm³/mol. The third kappa shape index (κ3) is 5.31. The predicted octanol–water partition coefficient (Wildman–Crippen LogP) is 1.17. The van der Waals surface area contributed by atoms with Gasteiger partial charge in [-0.15, -0.1) is 0 Å². The maximum atomic E-state index is 10.1. The first-order valence-electron chi connectivity index (χ1n) is 4.86. The summed E-state index contributed by atoms with van der Waals surface area (Å²) in [7, 11) is 0. The van der Waals surface area contributed by atoms with Gasteiger partial charge in [0.1, 0.15) is 5.75 Å². The second-order valence-corrected chi connectivity index (χ2v) is 3.15. The lowest BCUT2D eigenvalue weighted by Gasteiger charge is -1.95. The van der Waals surface area contributed by atoms with E-state index >= 15 is 0 Å². The van der Waals surface area contributed by atoms with Crippen LogP contribution in [0.25, 0.3) is 0 Å². The van der Waals surface area contributed by atoms with Crippen LogP contribution in [-0.4, -0.2) is 23.1 Å². The second-order valence-electron chi connectivity index (χ2n) is 3.15. The standard InChI is InChI=1S/C7H6O3.C4H5NO2/c8-7(9)10-6-4-2-1-3-5-6;6-3-1-2-4(7)5-3/h1-5H,(H,8,9);1-2H2,(H,5,6,7). The molecule has 1 aliphatic rings. The van der Waals surface area contributed by atoms with Crippen LogP contribution < -0.4 is 10.1 Å². The number of rotatable bonds is 1. The molecule has 2 rings (SSSR count). The molecule has 17 heavy (non-hydrogen) atoms. The van der Waals surface area contributed by atoms with Crippen LogP contribution in [0.2, 0.25) is 0 Å². The van der Waals surface area contributed by atoms with Crippen molar-refractivity contribution >= 4 is 18.0 Å². The van der Waals surface area contributed by atoms with E-state index in [1.807, 2.05) is 0 Å². The molecule has 2 amide bonds. The average molecular weight is 237 g/mol. The van der Waals surface area contributed by atoms with Crippen molar-refractivity contribution < 1.29 is 24.2 Å². The number of carbonyl (C=O) groups excluding carboxylic acids is 2. The maximum Gasteiger partial charge on any atom is 0.511 e. The van der Waals surface area contributed by atoms with Crippen molar-refractivity contribution in [1.82, 2.24) is 5.32 Å². The SMILES string of the molecule is O=C(O)Oc1ccccc1.O=C1CCC(=O)N1. The summed E-state index contributed by atoms with van der Waals surface area (Å²) >= 11 is 0. The van der Waals surface area contributed by atoms with Gasteiger partial charge < -0.3 is 9.84 Å². The smallest absolute Gasteiger partial charge is 0.449 e. The fourth-order valence-corrected chi connectivity index (χ4v) is 1.10. The molecule has 6 nitrogen and oxygen atoms in total. The van der Waals surface area contributed by atoms with E-state index in [2.05, 4.69) is 10.1 Å². The Morgan fingerprint density at radius 3 is 2.00 bits per heavy atom. The lowest BCUT2D eigenvalue weighted by molar-refractivity contribution is -0.124. The summed E-state index contributed by atoms with van der Waals surface area (Å²) in [5.74, 6) is 0.0463. The van der Waals surface area contributed by atoms with E-state index in [4.69, 9.17) is 5.11 Å². The molecular weight excluding hydrogens is 226 g/mol. The first-order valence-corrected chi connectivity index (χ1v) is 4.86. The average Bonchev–Trinajstić information content (AvgIpc) is 2.64. The molecular formula is C11H11NO5. The van der Waals surface area contributed by atoms with Crippen molar-refractivity contribution in [2.24, 2.45) is 0 Å². The number of imide groups is 1. The summed E-state index contributed by atoms with van der Waals surface area (Å²) in [6.07, 6.45) is -0.538. The van der Waals surface area contributed by atoms with Crippen LogP contribution in [0.3, 0.4) is 0 Å². The number of amides is 2. The molecule has 0 radical (unpaired) electrons. The molecule has 2 N–H and O–H groups in total. The van der Waals surface area contributed by atoms with Gasteiger partial charge in [0.05, 0.1) is 0 Å². The number of benzene rings is 1. The molecule has 0 aromatic heterocycles. The molecule has 0 atom stereocenters.